The molecule has 0 aliphatic rings. The highest BCUT2D eigenvalue weighted by Gasteiger charge is 2.10. The van der Waals surface area contributed by atoms with Crippen LogP contribution in [0.2, 0.25) is 0 Å². The van der Waals surface area contributed by atoms with Crippen LogP contribution < -0.4 is 4.74 Å². The first-order valence-corrected chi connectivity index (χ1v) is 5.38. The third-order valence-electron chi connectivity index (χ3n) is 2.51. The minimum absolute atomic E-state index is 0.217. The van der Waals surface area contributed by atoms with Crippen molar-refractivity contribution in [1.29, 1.82) is 5.26 Å². The maximum absolute atomic E-state index is 10.5. The zero-order valence-corrected chi connectivity index (χ0v) is 10.1. The number of furan rings is 1. The Morgan fingerprint density at radius 3 is 2.44 bits per heavy atom. The van der Waals surface area contributed by atoms with Crippen LogP contribution in [-0.2, 0) is 0 Å². The summed E-state index contributed by atoms with van der Waals surface area (Å²) < 4.78 is 10.7. The van der Waals surface area contributed by atoms with E-state index in [9.17, 15) is 4.79 Å². The summed E-state index contributed by atoms with van der Waals surface area (Å²) in [6.45, 7) is 3.71. The van der Waals surface area contributed by atoms with Crippen LogP contribution in [0.25, 0.3) is 0 Å². The predicted octanol–water partition coefficient (Wildman–Crippen LogP) is 3.37. The van der Waals surface area contributed by atoms with E-state index < -0.39 is 0 Å². The van der Waals surface area contributed by atoms with Crippen LogP contribution in [-0.4, -0.2) is 6.29 Å². The Hall–Kier alpha value is -2.54. The number of rotatable bonds is 3. The Labute approximate surface area is 104 Å². The number of ether oxygens (including phenoxy) is 1. The van der Waals surface area contributed by atoms with Crippen molar-refractivity contribution in [3.05, 3.63) is 46.7 Å². The van der Waals surface area contributed by atoms with Crippen molar-refractivity contribution in [2.75, 3.05) is 0 Å². The lowest BCUT2D eigenvalue weighted by molar-refractivity contribution is 0.109. The Morgan fingerprint density at radius 1 is 1.28 bits per heavy atom. The first-order chi connectivity index (χ1) is 8.63. The van der Waals surface area contributed by atoms with E-state index in [2.05, 4.69) is 6.07 Å². The molecule has 0 aliphatic carbocycles. The molecule has 0 bridgehead atoms. The van der Waals surface area contributed by atoms with E-state index in [0.29, 0.717) is 17.6 Å². The second-order valence-electron chi connectivity index (χ2n) is 3.93. The monoisotopic (exact) mass is 241 g/mol. The SMILES string of the molecule is Cc1cc(C#N)cc(C)c1Oc1ccc(C=O)o1. The molecule has 0 unspecified atom stereocenters. The van der Waals surface area contributed by atoms with Gasteiger partial charge in [0.15, 0.2) is 12.0 Å². The van der Waals surface area contributed by atoms with Gasteiger partial charge in [-0.15, -0.1) is 0 Å². The number of aryl methyl sites for hydroxylation is 2. The summed E-state index contributed by atoms with van der Waals surface area (Å²) in [6.07, 6.45) is 0.616. The molecule has 0 saturated heterocycles. The van der Waals surface area contributed by atoms with Gasteiger partial charge in [0, 0.05) is 6.07 Å². The molecule has 1 aromatic heterocycles. The Kier molecular flexibility index (Phi) is 3.16. The maximum atomic E-state index is 10.5. The summed E-state index contributed by atoms with van der Waals surface area (Å²) in [5, 5.41) is 8.85. The quantitative estimate of drug-likeness (QED) is 0.773. The molecule has 1 heterocycles. The second kappa shape index (κ2) is 4.76. The lowest BCUT2D eigenvalue weighted by Gasteiger charge is -2.09. The minimum atomic E-state index is 0.217. The molecule has 2 aromatic rings. The average Bonchev–Trinajstić information content (AvgIpc) is 2.81. The van der Waals surface area contributed by atoms with E-state index in [4.69, 9.17) is 14.4 Å². The number of carbonyl (C=O) groups is 1. The van der Waals surface area contributed by atoms with Crippen molar-refractivity contribution >= 4 is 6.29 Å². The van der Waals surface area contributed by atoms with Crippen molar-refractivity contribution in [2.45, 2.75) is 13.8 Å². The molecule has 4 nitrogen and oxygen atoms in total. The Morgan fingerprint density at radius 2 is 1.94 bits per heavy atom. The summed E-state index contributed by atoms with van der Waals surface area (Å²) in [4.78, 5) is 10.5. The summed E-state index contributed by atoms with van der Waals surface area (Å²) in [7, 11) is 0. The van der Waals surface area contributed by atoms with Crippen LogP contribution in [0.1, 0.15) is 27.2 Å². The van der Waals surface area contributed by atoms with Crippen LogP contribution in [0.5, 0.6) is 11.7 Å². The molecule has 0 radical (unpaired) electrons. The third kappa shape index (κ3) is 2.25. The number of carbonyl (C=O) groups excluding carboxylic acids is 1. The number of hydrogen-bond donors (Lipinski definition) is 0. The first kappa shape index (κ1) is 11.9. The molecular weight excluding hydrogens is 230 g/mol. The fourth-order valence-electron chi connectivity index (χ4n) is 1.73. The van der Waals surface area contributed by atoms with Gasteiger partial charge in [0.1, 0.15) is 5.75 Å². The van der Waals surface area contributed by atoms with Gasteiger partial charge < -0.3 is 9.15 Å². The van der Waals surface area contributed by atoms with Gasteiger partial charge in [-0.2, -0.15) is 5.26 Å². The topological polar surface area (TPSA) is 63.2 Å². The highest BCUT2D eigenvalue weighted by Crippen LogP contribution is 2.30. The van der Waals surface area contributed by atoms with Crippen LogP contribution in [0.15, 0.2) is 28.7 Å². The number of hydrogen-bond acceptors (Lipinski definition) is 4. The fraction of sp³-hybridized carbons (Fsp3) is 0.143. The van der Waals surface area contributed by atoms with Crippen molar-refractivity contribution < 1.29 is 13.9 Å². The lowest BCUT2D eigenvalue weighted by Crippen LogP contribution is -1.91. The minimum Gasteiger partial charge on any atom is -0.425 e. The normalized spacial score (nSPS) is 9.83. The van der Waals surface area contributed by atoms with Gasteiger partial charge in [-0.3, -0.25) is 4.79 Å². The molecule has 0 N–H and O–H groups in total. The summed E-state index contributed by atoms with van der Waals surface area (Å²) in [5.41, 5.74) is 2.27. The van der Waals surface area contributed by atoms with Crippen LogP contribution >= 0.6 is 0 Å². The predicted molar refractivity (Wildman–Crippen MR) is 64.8 cm³/mol. The first-order valence-electron chi connectivity index (χ1n) is 5.38. The van der Waals surface area contributed by atoms with Crippen molar-refractivity contribution in [1.82, 2.24) is 0 Å². The molecule has 0 amide bonds. The molecule has 4 heteroatoms. The van der Waals surface area contributed by atoms with E-state index in [0.717, 1.165) is 11.1 Å². The van der Waals surface area contributed by atoms with E-state index in [1.165, 1.54) is 6.07 Å². The number of benzene rings is 1. The van der Waals surface area contributed by atoms with Gasteiger partial charge in [-0.25, -0.2) is 0 Å². The largest absolute Gasteiger partial charge is 0.425 e. The molecule has 2 rings (SSSR count). The van der Waals surface area contributed by atoms with Gasteiger partial charge >= 0.3 is 0 Å². The molecule has 0 aliphatic heterocycles. The highest BCUT2D eigenvalue weighted by molar-refractivity contribution is 5.70. The average molecular weight is 241 g/mol. The zero-order valence-electron chi connectivity index (χ0n) is 10.1. The van der Waals surface area contributed by atoms with Gasteiger partial charge in [0.05, 0.1) is 11.6 Å². The van der Waals surface area contributed by atoms with Gasteiger partial charge in [0.2, 0.25) is 0 Å². The molecular formula is C14H11NO3. The van der Waals surface area contributed by atoms with Crippen molar-refractivity contribution in [3.63, 3.8) is 0 Å². The van der Waals surface area contributed by atoms with Gasteiger partial charge in [0.25, 0.3) is 5.95 Å². The summed E-state index contributed by atoms with van der Waals surface area (Å²) in [6, 6.07) is 8.69. The molecule has 0 saturated carbocycles. The number of nitrogens with zero attached hydrogens (tertiary/aromatic N) is 1. The zero-order chi connectivity index (χ0) is 13.1. The standard InChI is InChI=1S/C14H11NO3/c1-9-5-11(7-15)6-10(2)14(9)18-13-4-3-12(8-16)17-13/h3-6,8H,1-2H3. The molecule has 0 fully saturated rings. The van der Waals surface area contributed by atoms with Crippen LogP contribution in [0.4, 0.5) is 0 Å². The molecule has 18 heavy (non-hydrogen) atoms. The summed E-state index contributed by atoms with van der Waals surface area (Å²) >= 11 is 0. The van der Waals surface area contributed by atoms with E-state index in [-0.39, 0.29) is 11.7 Å². The van der Waals surface area contributed by atoms with Gasteiger partial charge in [-0.05, 0) is 43.2 Å². The van der Waals surface area contributed by atoms with E-state index in [1.54, 1.807) is 18.2 Å². The summed E-state index contributed by atoms with van der Waals surface area (Å²) in [5.74, 6) is 1.11. The molecule has 90 valence electrons. The fourth-order valence-corrected chi connectivity index (χ4v) is 1.73. The molecule has 0 atom stereocenters. The number of nitriles is 1. The third-order valence-corrected chi connectivity index (χ3v) is 2.51. The van der Waals surface area contributed by atoms with Crippen LogP contribution in [0, 0.1) is 25.2 Å². The maximum Gasteiger partial charge on any atom is 0.290 e. The second-order valence-corrected chi connectivity index (χ2v) is 3.93. The van der Waals surface area contributed by atoms with Crippen molar-refractivity contribution in [2.24, 2.45) is 0 Å². The smallest absolute Gasteiger partial charge is 0.290 e. The van der Waals surface area contributed by atoms with Crippen LogP contribution in [0.3, 0.4) is 0 Å². The van der Waals surface area contributed by atoms with E-state index >= 15 is 0 Å². The molecule has 0 spiro atoms. The molecule has 1 aromatic carbocycles. The lowest BCUT2D eigenvalue weighted by atomic mass is 10.1. The Bertz CT molecular complexity index is 612. The van der Waals surface area contributed by atoms with E-state index in [1.807, 2.05) is 13.8 Å². The number of aldehydes is 1. The highest BCUT2D eigenvalue weighted by atomic mass is 16.6. The van der Waals surface area contributed by atoms with Gasteiger partial charge in [-0.1, -0.05) is 0 Å². The Balaban J connectivity index is 2.34. The van der Waals surface area contributed by atoms with Crippen molar-refractivity contribution in [3.8, 4) is 17.8 Å².